The van der Waals surface area contributed by atoms with Gasteiger partial charge in [-0.25, -0.2) is 12.8 Å². The van der Waals surface area contributed by atoms with Crippen molar-refractivity contribution in [3.05, 3.63) is 35.6 Å². The maximum absolute atomic E-state index is 12.6. The summed E-state index contributed by atoms with van der Waals surface area (Å²) in [5.74, 6) is -0.421. The molecule has 2 atom stereocenters. The van der Waals surface area contributed by atoms with Gasteiger partial charge in [-0.2, -0.15) is 0 Å². The second-order valence-corrected chi connectivity index (χ2v) is 7.53. The lowest BCUT2D eigenvalue weighted by molar-refractivity contribution is 0.197. The molecule has 0 unspecified atom stereocenters. The van der Waals surface area contributed by atoms with E-state index in [2.05, 4.69) is 0 Å². The van der Waals surface area contributed by atoms with E-state index in [1.807, 2.05) is 0 Å². The fraction of sp³-hybridized carbons (Fsp3) is 0.333. The summed E-state index contributed by atoms with van der Waals surface area (Å²) in [5, 5.41) is 9.71. The highest BCUT2D eigenvalue weighted by Crippen LogP contribution is 2.26. The van der Waals surface area contributed by atoms with Crippen molar-refractivity contribution < 1.29 is 17.9 Å². The standard InChI is InChI=1S/C9H10FIO3S/c1-15(13,14)9(11)8(12)6-2-4-7(10)5-3-6/h2-5,8-9,12H,1H3/t8-,9-/m0/s1. The van der Waals surface area contributed by atoms with Crippen LogP contribution in [0.4, 0.5) is 4.39 Å². The van der Waals surface area contributed by atoms with Crippen LogP contribution >= 0.6 is 22.6 Å². The van der Waals surface area contributed by atoms with Crippen LogP contribution in [0.5, 0.6) is 0 Å². The van der Waals surface area contributed by atoms with E-state index in [9.17, 15) is 17.9 Å². The summed E-state index contributed by atoms with van der Waals surface area (Å²) >= 11 is 1.65. The molecule has 0 aliphatic carbocycles. The summed E-state index contributed by atoms with van der Waals surface area (Å²) in [7, 11) is -3.32. The normalized spacial score (nSPS) is 16.0. The summed E-state index contributed by atoms with van der Waals surface area (Å²) in [6, 6.07) is 5.11. The first-order valence-corrected chi connectivity index (χ1v) is 7.29. The van der Waals surface area contributed by atoms with Crippen molar-refractivity contribution in [1.82, 2.24) is 0 Å². The van der Waals surface area contributed by atoms with Crippen molar-refractivity contribution in [2.75, 3.05) is 6.26 Å². The molecule has 84 valence electrons. The SMILES string of the molecule is CS(=O)(=O)[C@H](I)[C@@H](O)c1ccc(F)cc1. The summed E-state index contributed by atoms with van der Waals surface area (Å²) in [6.07, 6.45) is -0.0853. The van der Waals surface area contributed by atoms with Crippen LogP contribution in [-0.4, -0.2) is 23.0 Å². The Kier molecular flexibility index (Phi) is 4.07. The van der Waals surface area contributed by atoms with Gasteiger partial charge in [0.2, 0.25) is 0 Å². The first kappa shape index (κ1) is 12.9. The van der Waals surface area contributed by atoms with Crippen LogP contribution < -0.4 is 0 Å². The largest absolute Gasteiger partial charge is 0.386 e. The van der Waals surface area contributed by atoms with Gasteiger partial charge < -0.3 is 5.11 Å². The number of sulfone groups is 1. The Labute approximate surface area is 101 Å². The second-order valence-electron chi connectivity index (χ2n) is 3.18. The molecule has 0 bridgehead atoms. The predicted molar refractivity (Wildman–Crippen MR) is 64.0 cm³/mol. The van der Waals surface area contributed by atoms with E-state index >= 15 is 0 Å². The van der Waals surface area contributed by atoms with E-state index in [4.69, 9.17) is 0 Å². The minimum atomic E-state index is -3.32. The maximum Gasteiger partial charge on any atom is 0.162 e. The molecule has 0 aromatic heterocycles. The van der Waals surface area contributed by atoms with Crippen molar-refractivity contribution in [2.45, 2.75) is 9.36 Å². The van der Waals surface area contributed by atoms with Crippen molar-refractivity contribution in [2.24, 2.45) is 0 Å². The van der Waals surface area contributed by atoms with Gasteiger partial charge in [0, 0.05) is 6.26 Å². The molecular weight excluding hydrogens is 334 g/mol. The van der Waals surface area contributed by atoms with Gasteiger partial charge in [-0.1, -0.05) is 34.7 Å². The molecule has 0 aliphatic rings. The van der Waals surface area contributed by atoms with Crippen LogP contribution in [-0.2, 0) is 9.84 Å². The Balaban J connectivity index is 2.95. The molecule has 1 aromatic carbocycles. The van der Waals surface area contributed by atoms with Gasteiger partial charge in [0.25, 0.3) is 0 Å². The van der Waals surface area contributed by atoms with E-state index in [-0.39, 0.29) is 0 Å². The summed E-state index contributed by atoms with van der Waals surface area (Å²) in [6.45, 7) is 0. The zero-order chi connectivity index (χ0) is 11.6. The van der Waals surface area contributed by atoms with Crippen LogP contribution in [0.15, 0.2) is 24.3 Å². The van der Waals surface area contributed by atoms with Crippen LogP contribution in [0, 0.1) is 5.82 Å². The van der Waals surface area contributed by atoms with E-state index in [1.165, 1.54) is 24.3 Å². The summed E-state index contributed by atoms with van der Waals surface area (Å²) in [4.78, 5) is 0. The Morgan fingerprint density at radius 2 is 1.80 bits per heavy atom. The minimum absolute atomic E-state index is 0.390. The van der Waals surface area contributed by atoms with Crippen LogP contribution in [0.1, 0.15) is 11.7 Å². The number of aliphatic hydroxyl groups excluding tert-OH is 1. The zero-order valence-electron chi connectivity index (χ0n) is 7.89. The van der Waals surface area contributed by atoms with Gasteiger partial charge in [-0.3, -0.25) is 0 Å². The van der Waals surface area contributed by atoms with Gasteiger partial charge in [0.15, 0.2) is 9.84 Å². The first-order chi connectivity index (χ1) is 6.82. The number of hydrogen-bond acceptors (Lipinski definition) is 3. The molecule has 0 radical (unpaired) electrons. The highest BCUT2D eigenvalue weighted by molar-refractivity contribution is 14.1. The average molecular weight is 344 g/mol. The number of aliphatic hydroxyl groups is 1. The number of rotatable bonds is 3. The maximum atomic E-state index is 12.6. The lowest BCUT2D eigenvalue weighted by Gasteiger charge is -2.15. The summed E-state index contributed by atoms with van der Waals surface area (Å²) in [5.41, 5.74) is 0.390. The third-order valence-corrected chi connectivity index (χ3v) is 6.40. The third kappa shape index (κ3) is 3.39. The zero-order valence-corrected chi connectivity index (χ0v) is 10.9. The van der Waals surface area contributed by atoms with Gasteiger partial charge in [-0.05, 0) is 17.7 Å². The predicted octanol–water partition coefficient (Wildman–Crippen LogP) is 1.66. The molecule has 1 aromatic rings. The lowest BCUT2D eigenvalue weighted by atomic mass is 10.1. The van der Waals surface area contributed by atoms with Crippen molar-refractivity contribution in [3.63, 3.8) is 0 Å². The molecule has 15 heavy (non-hydrogen) atoms. The van der Waals surface area contributed by atoms with Crippen LogP contribution in [0.25, 0.3) is 0 Å². The van der Waals surface area contributed by atoms with Crippen molar-refractivity contribution >= 4 is 32.4 Å². The van der Waals surface area contributed by atoms with Gasteiger partial charge >= 0.3 is 0 Å². The fourth-order valence-corrected chi connectivity index (χ4v) is 2.09. The molecule has 3 nitrogen and oxygen atoms in total. The lowest BCUT2D eigenvalue weighted by Crippen LogP contribution is -2.21. The number of halogens is 2. The Hall–Kier alpha value is -0.210. The molecule has 6 heteroatoms. The molecule has 0 spiro atoms. The Morgan fingerprint density at radius 1 is 1.33 bits per heavy atom. The molecule has 0 aliphatic heterocycles. The molecule has 0 heterocycles. The topological polar surface area (TPSA) is 54.4 Å². The molecular formula is C9H10FIO3S. The van der Waals surface area contributed by atoms with E-state index in [0.29, 0.717) is 5.56 Å². The summed E-state index contributed by atoms with van der Waals surface area (Å²) < 4.78 is 34.0. The van der Waals surface area contributed by atoms with E-state index in [1.54, 1.807) is 22.6 Å². The van der Waals surface area contributed by atoms with Crippen molar-refractivity contribution in [1.29, 1.82) is 0 Å². The fourth-order valence-electron chi connectivity index (χ4n) is 1.05. The minimum Gasteiger partial charge on any atom is -0.386 e. The van der Waals surface area contributed by atoms with Gasteiger partial charge in [0.1, 0.15) is 15.2 Å². The van der Waals surface area contributed by atoms with E-state index in [0.717, 1.165) is 6.26 Å². The first-order valence-electron chi connectivity index (χ1n) is 4.09. The molecule has 1 rings (SSSR count). The quantitative estimate of drug-likeness (QED) is 0.670. The van der Waals surface area contributed by atoms with Crippen molar-refractivity contribution in [3.8, 4) is 0 Å². The highest BCUT2D eigenvalue weighted by Gasteiger charge is 2.26. The number of hydrogen-bond donors (Lipinski definition) is 1. The smallest absolute Gasteiger partial charge is 0.162 e. The number of alkyl halides is 1. The third-order valence-electron chi connectivity index (χ3n) is 1.87. The monoisotopic (exact) mass is 344 g/mol. The van der Waals surface area contributed by atoms with Crippen LogP contribution in [0.3, 0.4) is 0 Å². The van der Waals surface area contributed by atoms with E-state index < -0.39 is 25.0 Å². The second kappa shape index (κ2) is 4.75. The molecule has 0 amide bonds. The van der Waals surface area contributed by atoms with Gasteiger partial charge in [0.05, 0.1) is 0 Å². The Morgan fingerprint density at radius 3 is 2.20 bits per heavy atom. The molecule has 0 saturated heterocycles. The van der Waals surface area contributed by atoms with Crippen LogP contribution in [0.2, 0.25) is 0 Å². The molecule has 0 fully saturated rings. The highest BCUT2D eigenvalue weighted by atomic mass is 127. The molecule has 1 N–H and O–H groups in total. The average Bonchev–Trinajstić information content (AvgIpc) is 2.15. The Bertz CT molecular complexity index is 429. The molecule has 0 saturated carbocycles. The van der Waals surface area contributed by atoms with Gasteiger partial charge in [-0.15, -0.1) is 0 Å². The number of benzene rings is 1.